The van der Waals surface area contributed by atoms with Crippen LogP contribution in [0.3, 0.4) is 0 Å². The SMILES string of the molecule is C.C.C.C.CCC(C)(C)C(=O)OCc1cccc2c(O)cccc12.CCC(C)C(=O)OCc1cccc2c(O)cccc12. The number of esters is 2. The molecular weight excluding hydrogens is 540 g/mol. The van der Waals surface area contributed by atoms with Crippen molar-refractivity contribution in [3.05, 3.63) is 83.9 Å². The van der Waals surface area contributed by atoms with E-state index in [4.69, 9.17) is 9.47 Å². The van der Waals surface area contributed by atoms with Crippen LogP contribution >= 0.6 is 0 Å². The van der Waals surface area contributed by atoms with E-state index in [9.17, 15) is 19.8 Å². The first kappa shape index (κ1) is 41.1. The van der Waals surface area contributed by atoms with E-state index in [2.05, 4.69) is 0 Å². The first-order valence-corrected chi connectivity index (χ1v) is 13.3. The third-order valence-corrected chi connectivity index (χ3v) is 7.16. The molecule has 2 N–H and O–H groups in total. The highest BCUT2D eigenvalue weighted by Gasteiger charge is 2.27. The van der Waals surface area contributed by atoms with Crippen molar-refractivity contribution < 1.29 is 29.3 Å². The van der Waals surface area contributed by atoms with Crippen molar-refractivity contribution in [2.75, 3.05) is 0 Å². The average Bonchev–Trinajstić information content (AvgIpc) is 2.95. The number of carbonyl (C=O) groups is 2. The molecule has 0 aliphatic rings. The number of aromatic hydroxyl groups is 2. The fraction of sp³-hybridized carbons (Fsp3) is 0.405. The van der Waals surface area contributed by atoms with Gasteiger partial charge >= 0.3 is 11.9 Å². The predicted octanol–water partition coefficient (Wildman–Crippen LogP) is 10.2. The molecule has 43 heavy (non-hydrogen) atoms. The van der Waals surface area contributed by atoms with E-state index in [1.165, 1.54) is 0 Å². The summed E-state index contributed by atoms with van der Waals surface area (Å²) in [5.74, 6) is 0.0253. The minimum absolute atomic E-state index is 0. The van der Waals surface area contributed by atoms with Gasteiger partial charge in [-0.3, -0.25) is 9.59 Å². The van der Waals surface area contributed by atoms with Crippen LogP contribution in [-0.4, -0.2) is 22.2 Å². The summed E-state index contributed by atoms with van der Waals surface area (Å²) in [5, 5.41) is 23.0. The lowest BCUT2D eigenvalue weighted by molar-refractivity contribution is -0.155. The number of hydrogen-bond acceptors (Lipinski definition) is 6. The second-order valence-electron chi connectivity index (χ2n) is 10.3. The second kappa shape index (κ2) is 18.5. The molecule has 0 saturated heterocycles. The third-order valence-electron chi connectivity index (χ3n) is 7.16. The van der Waals surface area contributed by atoms with E-state index in [1.54, 1.807) is 24.3 Å². The van der Waals surface area contributed by atoms with Gasteiger partial charge in [-0.05, 0) is 60.7 Å². The van der Waals surface area contributed by atoms with E-state index >= 15 is 0 Å². The monoisotopic (exact) mass is 594 g/mol. The molecule has 4 rings (SSSR count). The molecule has 0 fully saturated rings. The zero-order chi connectivity index (χ0) is 28.6. The number of phenolic OH excluding ortho intramolecular Hbond substituents is 2. The van der Waals surface area contributed by atoms with Gasteiger partial charge in [0.05, 0.1) is 11.3 Å². The lowest BCUT2D eigenvalue weighted by Crippen LogP contribution is -2.25. The quantitative estimate of drug-likeness (QED) is 0.197. The van der Waals surface area contributed by atoms with Crippen molar-refractivity contribution >= 4 is 33.5 Å². The van der Waals surface area contributed by atoms with Gasteiger partial charge in [-0.1, -0.05) is 111 Å². The van der Waals surface area contributed by atoms with Gasteiger partial charge in [0.2, 0.25) is 0 Å². The molecule has 0 aliphatic heterocycles. The predicted molar refractivity (Wildman–Crippen MR) is 181 cm³/mol. The van der Waals surface area contributed by atoms with Gasteiger partial charge in [0.25, 0.3) is 0 Å². The van der Waals surface area contributed by atoms with Gasteiger partial charge in [-0.2, -0.15) is 0 Å². The number of hydrogen-bond donors (Lipinski definition) is 2. The number of benzene rings is 4. The van der Waals surface area contributed by atoms with Crippen LogP contribution in [0.25, 0.3) is 21.5 Å². The summed E-state index contributed by atoms with van der Waals surface area (Å²) in [6.45, 7) is 10.0. The van der Waals surface area contributed by atoms with Crippen LogP contribution in [0.4, 0.5) is 0 Å². The molecule has 1 atom stereocenters. The van der Waals surface area contributed by atoms with Crippen molar-refractivity contribution in [1.29, 1.82) is 0 Å². The Labute approximate surface area is 259 Å². The highest BCUT2D eigenvalue weighted by molar-refractivity contribution is 5.91. The lowest BCUT2D eigenvalue weighted by Gasteiger charge is -2.20. The Hall–Kier alpha value is -4.06. The molecule has 6 nitrogen and oxygen atoms in total. The van der Waals surface area contributed by atoms with Crippen molar-refractivity contribution in [2.24, 2.45) is 11.3 Å². The van der Waals surface area contributed by atoms with Gasteiger partial charge < -0.3 is 19.7 Å². The van der Waals surface area contributed by atoms with Crippen LogP contribution in [0.2, 0.25) is 0 Å². The van der Waals surface area contributed by atoms with Crippen molar-refractivity contribution in [1.82, 2.24) is 0 Å². The molecule has 0 heterocycles. The maximum Gasteiger partial charge on any atom is 0.311 e. The molecule has 0 radical (unpaired) electrons. The van der Waals surface area contributed by atoms with Gasteiger partial charge in [0, 0.05) is 10.8 Å². The number of carbonyl (C=O) groups excluding carboxylic acids is 2. The second-order valence-corrected chi connectivity index (χ2v) is 10.3. The van der Waals surface area contributed by atoms with Crippen LogP contribution in [-0.2, 0) is 32.3 Å². The molecule has 0 saturated carbocycles. The van der Waals surface area contributed by atoms with Crippen LogP contribution in [0.5, 0.6) is 11.5 Å². The largest absolute Gasteiger partial charge is 0.507 e. The van der Waals surface area contributed by atoms with Gasteiger partial charge in [-0.15, -0.1) is 0 Å². The molecule has 0 spiro atoms. The number of phenols is 2. The van der Waals surface area contributed by atoms with Gasteiger partial charge in [0.1, 0.15) is 24.7 Å². The van der Waals surface area contributed by atoms with Crippen molar-refractivity contribution in [3.8, 4) is 11.5 Å². The third kappa shape index (κ3) is 10.3. The fourth-order valence-corrected chi connectivity index (χ4v) is 3.91. The molecule has 0 bridgehead atoms. The van der Waals surface area contributed by atoms with Crippen LogP contribution < -0.4 is 0 Å². The standard InChI is InChI=1S/C17H20O3.C16H18O3.4CH4/c1-4-17(2,3)16(19)20-11-12-7-5-9-14-13(12)8-6-10-15(14)18;1-3-11(2)16(18)19-10-12-6-4-8-14-13(12)7-5-9-15(14)17;;;;/h5-10,18H,4,11H2,1-3H3;4-9,11,17H,3,10H2,1-2H3;4*1H4. The highest BCUT2D eigenvalue weighted by atomic mass is 16.5. The number of ether oxygens (including phenoxy) is 2. The molecule has 0 amide bonds. The highest BCUT2D eigenvalue weighted by Crippen LogP contribution is 2.29. The van der Waals surface area contributed by atoms with E-state index < -0.39 is 5.41 Å². The van der Waals surface area contributed by atoms with Crippen molar-refractivity contribution in [3.63, 3.8) is 0 Å². The van der Waals surface area contributed by atoms with E-state index in [0.717, 1.165) is 45.5 Å². The van der Waals surface area contributed by atoms with Crippen LogP contribution in [0.15, 0.2) is 72.8 Å². The molecule has 6 heteroatoms. The Morgan fingerprint density at radius 1 is 0.674 bits per heavy atom. The summed E-state index contributed by atoms with van der Waals surface area (Å²) in [6.07, 6.45) is 1.51. The lowest BCUT2D eigenvalue weighted by atomic mass is 9.91. The minimum Gasteiger partial charge on any atom is -0.507 e. The zero-order valence-corrected chi connectivity index (χ0v) is 23.4. The van der Waals surface area contributed by atoms with Crippen LogP contribution in [0.1, 0.15) is 88.3 Å². The maximum atomic E-state index is 12.0. The average molecular weight is 595 g/mol. The molecule has 238 valence electrons. The minimum atomic E-state index is -0.466. The molecular formula is C37H54O6. The number of fused-ring (bicyclic) bond motifs is 2. The summed E-state index contributed by atoms with van der Waals surface area (Å²) < 4.78 is 10.7. The summed E-state index contributed by atoms with van der Waals surface area (Å²) >= 11 is 0. The first-order valence-electron chi connectivity index (χ1n) is 13.3. The molecule has 4 aromatic rings. The molecule has 0 aliphatic carbocycles. The topological polar surface area (TPSA) is 93.1 Å². The smallest absolute Gasteiger partial charge is 0.311 e. The zero-order valence-electron chi connectivity index (χ0n) is 23.4. The fourth-order valence-electron chi connectivity index (χ4n) is 3.91. The summed E-state index contributed by atoms with van der Waals surface area (Å²) in [4.78, 5) is 23.7. The summed E-state index contributed by atoms with van der Waals surface area (Å²) in [5.41, 5.74) is 1.34. The Morgan fingerprint density at radius 3 is 1.49 bits per heavy atom. The van der Waals surface area contributed by atoms with Gasteiger partial charge in [0.15, 0.2) is 0 Å². The van der Waals surface area contributed by atoms with E-state index in [1.807, 2.05) is 83.1 Å². The van der Waals surface area contributed by atoms with Crippen molar-refractivity contribution in [2.45, 2.75) is 90.4 Å². The summed E-state index contributed by atoms with van der Waals surface area (Å²) in [6, 6.07) is 22.0. The molecule has 0 aromatic heterocycles. The Balaban J connectivity index is 0. The first-order chi connectivity index (χ1) is 18.6. The van der Waals surface area contributed by atoms with Crippen LogP contribution in [0, 0.1) is 11.3 Å². The van der Waals surface area contributed by atoms with Gasteiger partial charge in [-0.25, -0.2) is 0 Å². The molecule has 4 aromatic carbocycles. The van der Waals surface area contributed by atoms with E-state index in [-0.39, 0.29) is 72.3 Å². The maximum absolute atomic E-state index is 12.0. The number of rotatable bonds is 8. The summed E-state index contributed by atoms with van der Waals surface area (Å²) in [7, 11) is 0. The Kier molecular flexibility index (Phi) is 17.6. The Morgan fingerprint density at radius 2 is 1.07 bits per heavy atom. The van der Waals surface area contributed by atoms with E-state index in [0.29, 0.717) is 0 Å². The Bertz CT molecular complexity index is 1440. The molecule has 1 unspecified atom stereocenters. The normalized spacial score (nSPS) is 10.8.